The van der Waals surface area contributed by atoms with E-state index in [1.165, 1.54) is 0 Å². The number of carbonyl (C=O) groups is 1. The van der Waals surface area contributed by atoms with E-state index in [-0.39, 0.29) is 24.6 Å². The summed E-state index contributed by atoms with van der Waals surface area (Å²) in [6.45, 7) is -0.0443. The summed E-state index contributed by atoms with van der Waals surface area (Å²) in [5, 5.41) is 0.931. The van der Waals surface area contributed by atoms with Gasteiger partial charge in [0.1, 0.15) is 12.1 Å². The Kier molecular flexibility index (Phi) is 4.06. The number of aromatic nitrogens is 2. The summed E-state index contributed by atoms with van der Waals surface area (Å²) in [5.74, 6) is 0.422. The molecule has 24 heavy (non-hydrogen) atoms. The number of hydrogen-bond acceptors (Lipinski definition) is 4. The molecular formula is C17H15Cl2N3O2. The number of nitrogens with zero attached hydrogens (tertiary/aromatic N) is 3. The van der Waals surface area contributed by atoms with Crippen molar-refractivity contribution in [1.82, 2.24) is 14.9 Å². The van der Waals surface area contributed by atoms with Gasteiger partial charge >= 0.3 is 0 Å². The van der Waals surface area contributed by atoms with Crippen molar-refractivity contribution >= 4 is 29.1 Å². The van der Waals surface area contributed by atoms with Crippen molar-refractivity contribution in [3.8, 4) is 5.75 Å². The minimum atomic E-state index is -0.0443. The second-order valence-corrected chi connectivity index (χ2v) is 6.88. The fourth-order valence-corrected chi connectivity index (χ4v) is 4.07. The molecule has 1 saturated heterocycles. The van der Waals surface area contributed by atoms with Gasteiger partial charge in [-0.1, -0.05) is 23.2 Å². The lowest BCUT2D eigenvalue weighted by Gasteiger charge is -2.35. The van der Waals surface area contributed by atoms with E-state index in [2.05, 4.69) is 9.97 Å². The van der Waals surface area contributed by atoms with Gasteiger partial charge in [0, 0.05) is 29.2 Å². The topological polar surface area (TPSA) is 55.3 Å². The third kappa shape index (κ3) is 2.72. The van der Waals surface area contributed by atoms with Crippen molar-refractivity contribution in [2.45, 2.75) is 31.3 Å². The molecule has 0 saturated carbocycles. The number of carbonyl (C=O) groups excluding carboxylic acids is 1. The fourth-order valence-electron chi connectivity index (χ4n) is 3.61. The van der Waals surface area contributed by atoms with E-state index in [0.29, 0.717) is 15.8 Å². The highest BCUT2D eigenvalue weighted by Gasteiger charge is 2.43. The Labute approximate surface area is 149 Å². The Hall–Kier alpha value is -1.85. The average Bonchev–Trinajstić information content (AvgIpc) is 2.89. The van der Waals surface area contributed by atoms with Crippen LogP contribution in [0.25, 0.3) is 0 Å². The van der Waals surface area contributed by atoms with Crippen LogP contribution in [0.2, 0.25) is 10.0 Å². The normalized spacial score (nSPS) is 21.5. The summed E-state index contributed by atoms with van der Waals surface area (Å²) >= 11 is 12.0. The largest absolute Gasteiger partial charge is 0.482 e. The maximum absolute atomic E-state index is 12.7. The van der Waals surface area contributed by atoms with Crippen LogP contribution < -0.4 is 4.74 Å². The van der Waals surface area contributed by atoms with Gasteiger partial charge in [-0.3, -0.25) is 4.79 Å². The maximum atomic E-state index is 12.7. The third-order valence-electron chi connectivity index (χ3n) is 4.65. The molecule has 2 unspecified atom stereocenters. The molecule has 3 heterocycles. The molecular weight excluding hydrogens is 349 g/mol. The molecule has 0 aliphatic carbocycles. The van der Waals surface area contributed by atoms with Crippen molar-refractivity contribution < 1.29 is 9.53 Å². The lowest BCUT2D eigenvalue weighted by Crippen LogP contribution is -2.44. The molecule has 5 nitrogen and oxygen atoms in total. The van der Waals surface area contributed by atoms with Crippen LogP contribution in [-0.4, -0.2) is 33.4 Å². The van der Waals surface area contributed by atoms with E-state index < -0.39 is 0 Å². The maximum Gasteiger partial charge on any atom is 0.261 e. The van der Waals surface area contributed by atoms with Crippen molar-refractivity contribution in [3.63, 3.8) is 0 Å². The first-order valence-electron chi connectivity index (χ1n) is 7.81. The third-order valence-corrected chi connectivity index (χ3v) is 5.18. The number of halogens is 2. The van der Waals surface area contributed by atoms with Crippen molar-refractivity contribution in [3.05, 3.63) is 52.0 Å². The van der Waals surface area contributed by atoms with Gasteiger partial charge in [0.15, 0.2) is 6.61 Å². The number of hydrogen-bond donors (Lipinski definition) is 0. The highest BCUT2D eigenvalue weighted by molar-refractivity contribution is 6.35. The van der Waals surface area contributed by atoms with Gasteiger partial charge in [-0.25, -0.2) is 9.97 Å². The minimum Gasteiger partial charge on any atom is -0.482 e. The molecule has 1 amide bonds. The van der Waals surface area contributed by atoms with Gasteiger partial charge in [0.05, 0.1) is 16.8 Å². The van der Waals surface area contributed by atoms with Gasteiger partial charge in [-0.15, -0.1) is 0 Å². The van der Waals surface area contributed by atoms with Gasteiger partial charge in [-0.05, 0) is 31.0 Å². The van der Waals surface area contributed by atoms with Crippen LogP contribution in [0.4, 0.5) is 0 Å². The number of rotatable bonds is 3. The van der Waals surface area contributed by atoms with Crippen LogP contribution in [0.5, 0.6) is 5.75 Å². The van der Waals surface area contributed by atoms with Crippen LogP contribution in [0.1, 0.15) is 30.1 Å². The molecule has 2 aromatic rings. The first-order valence-corrected chi connectivity index (χ1v) is 8.57. The molecule has 7 heteroatoms. The standard InChI is InChI=1S/C17H15Cl2N3O2/c18-10-1-4-16(13(19)5-10)24-8-17(23)22-11-2-3-15(22)12-7-20-9-21-14(12)6-11/h1,4-5,7,9,11,15H,2-3,6,8H2. The molecule has 1 aromatic carbocycles. The second kappa shape index (κ2) is 6.22. The van der Waals surface area contributed by atoms with Gasteiger partial charge in [0.2, 0.25) is 0 Å². The summed E-state index contributed by atoms with van der Waals surface area (Å²) in [5.41, 5.74) is 2.12. The predicted molar refractivity (Wildman–Crippen MR) is 90.3 cm³/mol. The monoisotopic (exact) mass is 363 g/mol. The Morgan fingerprint density at radius 3 is 3.04 bits per heavy atom. The molecule has 1 fully saturated rings. The van der Waals surface area contributed by atoms with E-state index >= 15 is 0 Å². The second-order valence-electron chi connectivity index (χ2n) is 6.04. The van der Waals surface area contributed by atoms with Crippen LogP contribution in [0.3, 0.4) is 0 Å². The molecule has 1 aromatic heterocycles. The molecule has 2 aliphatic heterocycles. The van der Waals surface area contributed by atoms with Crippen LogP contribution >= 0.6 is 23.2 Å². The Bertz CT molecular complexity index is 799. The first-order chi connectivity index (χ1) is 11.6. The molecule has 2 aliphatic rings. The minimum absolute atomic E-state index is 0.0389. The molecule has 4 rings (SSSR count). The predicted octanol–water partition coefficient (Wildman–Crippen LogP) is 3.45. The van der Waals surface area contributed by atoms with Crippen molar-refractivity contribution in [1.29, 1.82) is 0 Å². The van der Waals surface area contributed by atoms with E-state index in [4.69, 9.17) is 27.9 Å². The number of ether oxygens (including phenoxy) is 1. The highest BCUT2D eigenvalue weighted by atomic mass is 35.5. The zero-order valence-corrected chi connectivity index (χ0v) is 14.3. The highest BCUT2D eigenvalue weighted by Crippen LogP contribution is 2.42. The number of fused-ring (bicyclic) bond motifs is 4. The Morgan fingerprint density at radius 2 is 2.21 bits per heavy atom. The zero-order valence-electron chi connectivity index (χ0n) is 12.8. The Morgan fingerprint density at radius 1 is 1.33 bits per heavy atom. The van der Waals surface area contributed by atoms with Crippen molar-refractivity contribution in [2.24, 2.45) is 0 Å². The summed E-state index contributed by atoms with van der Waals surface area (Å²) in [6.07, 6.45) is 6.10. The molecule has 0 N–H and O–H groups in total. The summed E-state index contributed by atoms with van der Waals surface area (Å²) in [4.78, 5) is 23.1. The number of benzene rings is 1. The SMILES string of the molecule is O=C(COc1ccc(Cl)cc1Cl)N1C2CCC1c1cncnc1C2. The molecule has 124 valence electrons. The first kappa shape index (κ1) is 15.7. The quantitative estimate of drug-likeness (QED) is 0.837. The fraction of sp³-hybridized carbons (Fsp3) is 0.353. The van der Waals surface area contributed by atoms with Gasteiger partial charge < -0.3 is 9.64 Å². The van der Waals surface area contributed by atoms with E-state index in [1.807, 2.05) is 11.1 Å². The summed E-state index contributed by atoms with van der Waals surface area (Å²) < 4.78 is 5.61. The van der Waals surface area contributed by atoms with E-state index in [9.17, 15) is 4.79 Å². The summed E-state index contributed by atoms with van der Waals surface area (Å²) in [7, 11) is 0. The van der Waals surface area contributed by atoms with Gasteiger partial charge in [0.25, 0.3) is 5.91 Å². The van der Waals surface area contributed by atoms with E-state index in [0.717, 1.165) is 30.5 Å². The van der Waals surface area contributed by atoms with Crippen LogP contribution in [0.15, 0.2) is 30.7 Å². The van der Waals surface area contributed by atoms with Crippen LogP contribution in [-0.2, 0) is 11.2 Å². The molecule has 0 radical (unpaired) electrons. The van der Waals surface area contributed by atoms with Crippen molar-refractivity contribution in [2.75, 3.05) is 6.61 Å². The molecule has 2 atom stereocenters. The molecule has 0 spiro atoms. The lowest BCUT2D eigenvalue weighted by molar-refractivity contribution is -0.137. The van der Waals surface area contributed by atoms with E-state index in [1.54, 1.807) is 24.5 Å². The summed E-state index contributed by atoms with van der Waals surface area (Å²) in [6, 6.07) is 5.20. The zero-order chi connectivity index (χ0) is 16.7. The Balaban J connectivity index is 1.49. The lowest BCUT2D eigenvalue weighted by atomic mass is 9.99. The van der Waals surface area contributed by atoms with Gasteiger partial charge in [-0.2, -0.15) is 0 Å². The smallest absolute Gasteiger partial charge is 0.261 e. The van der Waals surface area contributed by atoms with Crippen LogP contribution in [0, 0.1) is 0 Å². The number of amides is 1. The molecule has 2 bridgehead atoms. The average molecular weight is 364 g/mol.